The van der Waals surface area contributed by atoms with Crippen molar-refractivity contribution in [1.29, 1.82) is 0 Å². The maximum absolute atomic E-state index is 12.9. The monoisotopic (exact) mass is 418 g/mol. The van der Waals surface area contributed by atoms with Crippen LogP contribution in [-0.2, 0) is 4.74 Å². The molecule has 0 aliphatic heterocycles. The molecule has 0 spiro atoms. The van der Waals surface area contributed by atoms with Gasteiger partial charge in [0, 0.05) is 5.69 Å². The molecule has 0 aromatic heterocycles. The molecule has 2 amide bonds. The summed E-state index contributed by atoms with van der Waals surface area (Å²) in [6, 6.07) is 10.2. The van der Waals surface area contributed by atoms with Crippen LogP contribution in [0.15, 0.2) is 53.5 Å². The highest BCUT2D eigenvalue weighted by molar-refractivity contribution is 6.34. The molecule has 2 aromatic carbocycles. The molecule has 0 saturated heterocycles. The van der Waals surface area contributed by atoms with Crippen LogP contribution < -0.4 is 10.1 Å². The number of amides is 2. The van der Waals surface area contributed by atoms with Crippen molar-refractivity contribution in [3.05, 3.63) is 59.1 Å². The highest BCUT2D eigenvalue weighted by Crippen LogP contribution is 2.28. The minimum Gasteiger partial charge on any atom is -0.477 e. The van der Waals surface area contributed by atoms with Crippen LogP contribution in [0.25, 0.3) is 0 Å². The lowest BCUT2D eigenvalue weighted by Crippen LogP contribution is -2.33. The molecular weight excluding hydrogens is 404 g/mol. The molecule has 2 aromatic rings. The number of hydrogen-bond donors (Lipinski definition) is 1. The van der Waals surface area contributed by atoms with Gasteiger partial charge in [0.2, 0.25) is 5.90 Å². The molecule has 0 saturated carbocycles. The lowest BCUT2D eigenvalue weighted by molar-refractivity contribution is -0.253. The predicted octanol–water partition coefficient (Wildman–Crippen LogP) is 5.59. The molecular formula is C18H15ClF4N2O3. The van der Waals surface area contributed by atoms with Crippen LogP contribution in [0.4, 0.5) is 28.0 Å². The molecule has 0 atom stereocenters. The van der Waals surface area contributed by atoms with Gasteiger partial charge in [-0.25, -0.2) is 4.79 Å². The summed E-state index contributed by atoms with van der Waals surface area (Å²) < 4.78 is 59.3. The number of ether oxygens (including phenoxy) is 2. The summed E-state index contributed by atoms with van der Waals surface area (Å²) in [5, 5.41) is 2.73. The van der Waals surface area contributed by atoms with E-state index >= 15 is 0 Å². The SMILES string of the molecule is CCO/C(=N\C(=O)Nc1ccc(OC(F)(F)C(F)F)cc1)c1ccccc1Cl. The van der Waals surface area contributed by atoms with E-state index < -0.39 is 24.3 Å². The molecule has 0 fully saturated rings. The Morgan fingerprint density at radius 2 is 1.82 bits per heavy atom. The van der Waals surface area contributed by atoms with E-state index in [0.717, 1.165) is 12.1 Å². The van der Waals surface area contributed by atoms with Gasteiger partial charge in [-0.3, -0.25) is 0 Å². The number of anilines is 1. The lowest BCUT2D eigenvalue weighted by Gasteiger charge is -2.16. The van der Waals surface area contributed by atoms with E-state index in [1.807, 2.05) is 0 Å². The quantitative estimate of drug-likeness (QED) is 0.378. The summed E-state index contributed by atoms with van der Waals surface area (Å²) in [5.74, 6) is -0.486. The van der Waals surface area contributed by atoms with Crippen LogP contribution in [0.3, 0.4) is 0 Å². The molecule has 1 N–H and O–H groups in total. The summed E-state index contributed by atoms with van der Waals surface area (Å²) >= 11 is 6.07. The third-order valence-electron chi connectivity index (χ3n) is 3.20. The Labute approximate surface area is 162 Å². The molecule has 150 valence electrons. The van der Waals surface area contributed by atoms with E-state index in [-0.39, 0.29) is 18.2 Å². The maximum Gasteiger partial charge on any atom is 0.461 e. The molecule has 0 heterocycles. The first kappa shape index (κ1) is 21.5. The molecule has 0 unspecified atom stereocenters. The molecule has 0 aliphatic carbocycles. The number of nitrogens with one attached hydrogen (secondary N) is 1. The average molecular weight is 419 g/mol. The summed E-state index contributed by atoms with van der Waals surface area (Å²) in [5.41, 5.74) is 0.593. The van der Waals surface area contributed by atoms with Gasteiger partial charge in [-0.15, -0.1) is 0 Å². The van der Waals surface area contributed by atoms with Gasteiger partial charge in [-0.05, 0) is 43.3 Å². The number of rotatable bonds is 6. The highest BCUT2D eigenvalue weighted by atomic mass is 35.5. The Bertz CT molecular complexity index is 845. The first-order valence-electron chi connectivity index (χ1n) is 7.95. The fourth-order valence-electron chi connectivity index (χ4n) is 1.99. The van der Waals surface area contributed by atoms with Crippen LogP contribution in [-0.4, -0.2) is 31.1 Å². The van der Waals surface area contributed by atoms with Crippen molar-refractivity contribution >= 4 is 29.2 Å². The van der Waals surface area contributed by atoms with E-state index in [2.05, 4.69) is 15.0 Å². The number of urea groups is 1. The number of halogens is 5. The Balaban J connectivity index is 2.11. The van der Waals surface area contributed by atoms with Crippen molar-refractivity contribution in [2.45, 2.75) is 19.5 Å². The van der Waals surface area contributed by atoms with E-state index in [9.17, 15) is 22.4 Å². The van der Waals surface area contributed by atoms with Crippen LogP contribution >= 0.6 is 11.6 Å². The summed E-state index contributed by atoms with van der Waals surface area (Å²) in [4.78, 5) is 15.9. The van der Waals surface area contributed by atoms with Gasteiger partial charge >= 0.3 is 18.6 Å². The zero-order chi connectivity index (χ0) is 20.7. The summed E-state index contributed by atoms with van der Waals surface area (Å²) in [6.07, 6.45) is -8.58. The molecule has 28 heavy (non-hydrogen) atoms. The Morgan fingerprint density at radius 1 is 1.18 bits per heavy atom. The minimum absolute atomic E-state index is 0.00197. The lowest BCUT2D eigenvalue weighted by atomic mass is 10.2. The molecule has 10 heteroatoms. The van der Waals surface area contributed by atoms with Crippen molar-refractivity contribution in [2.24, 2.45) is 4.99 Å². The largest absolute Gasteiger partial charge is 0.477 e. The first-order chi connectivity index (χ1) is 13.2. The molecule has 0 bridgehead atoms. The minimum atomic E-state index is -4.61. The fraction of sp³-hybridized carbons (Fsp3) is 0.222. The number of carbonyl (C=O) groups excluding carboxylic acids is 1. The second-order valence-electron chi connectivity index (χ2n) is 5.25. The normalized spacial score (nSPS) is 12.0. The average Bonchev–Trinajstić information content (AvgIpc) is 2.63. The van der Waals surface area contributed by atoms with Gasteiger partial charge in [-0.1, -0.05) is 23.7 Å². The third-order valence-corrected chi connectivity index (χ3v) is 3.53. The van der Waals surface area contributed by atoms with Gasteiger partial charge in [0.05, 0.1) is 17.2 Å². The van der Waals surface area contributed by atoms with Crippen LogP contribution in [0.2, 0.25) is 5.02 Å². The maximum atomic E-state index is 12.9. The van der Waals surface area contributed by atoms with E-state index in [0.29, 0.717) is 10.6 Å². The predicted molar refractivity (Wildman–Crippen MR) is 96.7 cm³/mol. The van der Waals surface area contributed by atoms with E-state index in [1.54, 1.807) is 31.2 Å². The second kappa shape index (κ2) is 9.41. The Morgan fingerprint density at radius 3 is 2.39 bits per heavy atom. The number of alkyl halides is 4. The number of nitrogens with zero attached hydrogens (tertiary/aromatic N) is 1. The zero-order valence-electron chi connectivity index (χ0n) is 14.5. The van der Waals surface area contributed by atoms with E-state index in [4.69, 9.17) is 16.3 Å². The van der Waals surface area contributed by atoms with Gasteiger partial charge in [0.15, 0.2) is 0 Å². The van der Waals surface area contributed by atoms with Crippen LogP contribution in [0, 0.1) is 0 Å². The van der Waals surface area contributed by atoms with Gasteiger partial charge in [0.1, 0.15) is 5.75 Å². The highest BCUT2D eigenvalue weighted by Gasteiger charge is 2.43. The number of hydrogen-bond acceptors (Lipinski definition) is 3. The molecule has 0 aliphatic rings. The van der Waals surface area contributed by atoms with Crippen molar-refractivity contribution in [3.63, 3.8) is 0 Å². The molecule has 0 radical (unpaired) electrons. The number of carbonyl (C=O) groups is 1. The van der Waals surface area contributed by atoms with Crippen LogP contribution in [0.1, 0.15) is 12.5 Å². The molecule has 2 rings (SSSR count). The smallest absolute Gasteiger partial charge is 0.461 e. The van der Waals surface area contributed by atoms with Crippen LogP contribution in [0.5, 0.6) is 5.75 Å². The first-order valence-corrected chi connectivity index (χ1v) is 8.33. The second-order valence-corrected chi connectivity index (χ2v) is 5.66. The van der Waals surface area contributed by atoms with E-state index in [1.165, 1.54) is 12.1 Å². The van der Waals surface area contributed by atoms with Crippen molar-refractivity contribution < 1.29 is 31.8 Å². The molecule has 5 nitrogen and oxygen atoms in total. The van der Waals surface area contributed by atoms with Gasteiger partial charge < -0.3 is 14.8 Å². The summed E-state index contributed by atoms with van der Waals surface area (Å²) in [6.45, 7) is 1.94. The van der Waals surface area contributed by atoms with Gasteiger partial charge in [0.25, 0.3) is 0 Å². The Hall–Kier alpha value is -2.81. The number of benzene rings is 2. The van der Waals surface area contributed by atoms with Crippen molar-refractivity contribution in [3.8, 4) is 5.75 Å². The fourth-order valence-corrected chi connectivity index (χ4v) is 2.21. The standard InChI is InChI=1S/C18H15ClF4N2O3/c1-2-27-15(13-5-3-4-6-14(13)19)25-17(26)24-11-7-9-12(10-8-11)28-18(22,23)16(20)21/h3-10,16H,2H2,1H3,(H,24,26)/b25-15-. The van der Waals surface area contributed by atoms with Gasteiger partial charge in [-0.2, -0.15) is 22.6 Å². The summed E-state index contributed by atoms with van der Waals surface area (Å²) in [7, 11) is 0. The Kier molecular flexibility index (Phi) is 7.22. The van der Waals surface area contributed by atoms with Crippen molar-refractivity contribution in [1.82, 2.24) is 0 Å². The van der Waals surface area contributed by atoms with Crippen molar-refractivity contribution in [2.75, 3.05) is 11.9 Å². The third kappa shape index (κ3) is 5.85. The zero-order valence-corrected chi connectivity index (χ0v) is 15.2. The number of aliphatic imine (C=N–C) groups is 1. The topological polar surface area (TPSA) is 59.9 Å².